The minimum Gasteiger partial charge on any atom is -0.473 e. The average Bonchev–Trinajstić information content (AvgIpc) is 3.02. The molecule has 0 aromatic rings. The van der Waals surface area contributed by atoms with Crippen molar-refractivity contribution >= 4 is 29.6 Å². The molecule has 0 atom stereocenters. The number of nitrogens with zero attached hydrogens (tertiary/aromatic N) is 11. The molecular formula is C52H118N11O2Rh-. The summed E-state index contributed by atoms with van der Waals surface area (Å²) in [5, 5.41) is 4.04. The zero-order chi connectivity index (χ0) is 53.0. The predicted molar refractivity (Wildman–Crippen MR) is 296 cm³/mol. The van der Waals surface area contributed by atoms with Crippen LogP contribution >= 0.6 is 0 Å². The molecule has 0 rings (SSSR count). The van der Waals surface area contributed by atoms with Crippen LogP contribution in [0, 0.1) is 32.5 Å². The smallest absolute Gasteiger partial charge is 0.319 e. The Labute approximate surface area is 427 Å². The van der Waals surface area contributed by atoms with Crippen LogP contribution in [-0.2, 0) is 24.3 Å². The van der Waals surface area contributed by atoms with E-state index in [-0.39, 0.29) is 49.7 Å². The quantitative estimate of drug-likeness (QED) is 0.149. The van der Waals surface area contributed by atoms with Crippen LogP contribution in [0.5, 0.6) is 0 Å². The van der Waals surface area contributed by atoms with Gasteiger partial charge in [-0.05, 0) is 59.9 Å². The van der Waals surface area contributed by atoms with Gasteiger partial charge in [0.2, 0.25) is 5.91 Å². The fourth-order valence-electron chi connectivity index (χ4n) is 5.61. The summed E-state index contributed by atoms with van der Waals surface area (Å²) < 4.78 is 0. The Morgan fingerprint density at radius 2 is 0.818 bits per heavy atom. The molecule has 0 aliphatic rings. The first-order chi connectivity index (χ1) is 28.1. The molecule has 0 N–H and O–H groups in total. The van der Waals surface area contributed by atoms with E-state index in [0.717, 1.165) is 56.8 Å². The maximum Gasteiger partial charge on any atom is 0.319 e. The summed E-state index contributed by atoms with van der Waals surface area (Å²) in [5.41, 5.74) is 1.73. The third-order valence-electron chi connectivity index (χ3n) is 7.75. The van der Waals surface area contributed by atoms with Crippen molar-refractivity contribution in [1.82, 2.24) is 34.3 Å². The molecule has 13 nitrogen and oxygen atoms in total. The Hall–Kier alpha value is -2.47. The van der Waals surface area contributed by atoms with Crippen molar-refractivity contribution in [1.29, 1.82) is 0 Å². The Kier molecular flexibility index (Phi) is 45.7. The van der Waals surface area contributed by atoms with Gasteiger partial charge in [0, 0.05) is 130 Å². The predicted octanol–water partition coefficient (Wildman–Crippen LogP) is 11.4. The van der Waals surface area contributed by atoms with Gasteiger partial charge in [0.1, 0.15) is 0 Å². The summed E-state index contributed by atoms with van der Waals surface area (Å²) >= 11 is 0. The number of carbonyl (C=O) groups is 2. The molecule has 0 saturated carbocycles. The first kappa shape index (κ1) is 80.6. The molecular weight excluding hydrogens is 914 g/mol. The molecule has 0 fully saturated rings. The molecule has 0 aromatic carbocycles. The number of urea groups is 1. The number of amides is 3. The Morgan fingerprint density at radius 3 is 0.985 bits per heavy atom. The topological polar surface area (TPSA) is 108 Å². The van der Waals surface area contributed by atoms with Crippen molar-refractivity contribution in [2.45, 2.75) is 152 Å². The van der Waals surface area contributed by atoms with Crippen LogP contribution in [0.4, 0.5) is 4.79 Å². The molecule has 0 bridgehead atoms. The van der Waals surface area contributed by atoms with Crippen molar-refractivity contribution in [2.24, 2.45) is 47.5 Å². The van der Waals surface area contributed by atoms with E-state index in [1.165, 1.54) is 0 Å². The van der Waals surface area contributed by atoms with Crippen molar-refractivity contribution in [2.75, 3.05) is 131 Å². The van der Waals surface area contributed by atoms with Crippen LogP contribution in [0.25, 0.3) is 5.32 Å². The van der Waals surface area contributed by atoms with Crippen LogP contribution in [0.15, 0.2) is 15.0 Å². The van der Waals surface area contributed by atoms with E-state index < -0.39 is 0 Å². The van der Waals surface area contributed by atoms with Gasteiger partial charge >= 0.3 is 6.03 Å². The zero-order valence-corrected chi connectivity index (χ0v) is 51.5. The third-order valence-corrected chi connectivity index (χ3v) is 7.75. The van der Waals surface area contributed by atoms with Gasteiger partial charge in [-0.1, -0.05) is 152 Å². The largest absolute Gasteiger partial charge is 0.473 e. The van der Waals surface area contributed by atoms with E-state index >= 15 is 0 Å². The van der Waals surface area contributed by atoms with Crippen LogP contribution in [-0.4, -0.2) is 195 Å². The molecule has 0 unspecified atom stereocenters. The normalized spacial score (nSPS) is 12.1. The second kappa shape index (κ2) is 37.4. The number of amidine groups is 2. The molecule has 14 heteroatoms. The summed E-state index contributed by atoms with van der Waals surface area (Å²) in [5.74, 6) is 3.21. The molecule has 403 valence electrons. The first-order valence-electron chi connectivity index (χ1n) is 23.0. The molecule has 0 aromatic heterocycles. The minimum absolute atomic E-state index is 0. The minimum atomic E-state index is 0. The maximum atomic E-state index is 11.4. The SMILES string of the molecule is C.CC(=NCC(C)(C)C)N(C)C.CC(=O)N(C)CC(C)(C)C.CN(C)C(=O)N(C)CC(C)(C)C.CN(C)CC(C)(C)C.CN=C(CC(C)(C)C)[N-]C.CN=C(N(C)C)N(C)CC(C)(C)C.[Rh]. The summed E-state index contributed by atoms with van der Waals surface area (Å²) in [4.78, 5) is 48.4. The Morgan fingerprint density at radius 1 is 0.470 bits per heavy atom. The maximum absolute atomic E-state index is 11.4. The number of rotatable bonds is 6. The van der Waals surface area contributed by atoms with Gasteiger partial charge in [0.05, 0.1) is 5.84 Å². The van der Waals surface area contributed by atoms with Crippen LogP contribution < -0.4 is 0 Å². The monoisotopic (exact) mass is 1030 g/mol. The zero-order valence-electron chi connectivity index (χ0n) is 49.8. The molecule has 0 heterocycles. The molecule has 0 saturated heterocycles. The second-order valence-electron chi connectivity index (χ2n) is 25.1. The van der Waals surface area contributed by atoms with Gasteiger partial charge in [-0.3, -0.25) is 14.8 Å². The number of guanidine groups is 1. The van der Waals surface area contributed by atoms with Crippen LogP contribution in [0.2, 0.25) is 0 Å². The van der Waals surface area contributed by atoms with Gasteiger partial charge < -0.3 is 44.6 Å². The van der Waals surface area contributed by atoms with E-state index in [1.807, 2.05) is 66.1 Å². The molecule has 0 aliphatic heterocycles. The number of carbonyl (C=O) groups excluding carboxylic acids is 2. The molecule has 0 spiro atoms. The molecule has 0 aliphatic carbocycles. The molecule has 66 heavy (non-hydrogen) atoms. The average molecular weight is 1030 g/mol. The fraction of sp³-hybridized carbons (Fsp3) is 0.904. The standard InChI is InChI=1S/C10H23N3.C9H20N2O.C9H20N2.C8H17N2.C8H17NO.C7H17N.CH4.Rh/c1-10(2,3)8-13(7)9(11-4)12(5)6;1-9(2,3)7-11(6)8(12)10(4)5;1-8(11(5)6)10-7-9(2,3)4;1-8(2,3)6-7(9-4)10-5;1-7(10)9(5)6-8(2,3)4;1-7(2,3)6-8(4)5;;/h8H2,1-7H3;7H2,1-6H3;7H2,1-6H3;2*6H2,1-5H3;6H2,1-5H3;1H4;/q;;;-1;;;;. The summed E-state index contributed by atoms with van der Waals surface area (Å²) in [6, 6.07) is 0.0601. The van der Waals surface area contributed by atoms with Crippen LogP contribution in [0.1, 0.15) is 152 Å². The van der Waals surface area contributed by atoms with Gasteiger partial charge in [-0.15, -0.1) is 0 Å². The Bertz CT molecular complexity index is 1300. The van der Waals surface area contributed by atoms with E-state index in [2.05, 4.69) is 176 Å². The van der Waals surface area contributed by atoms with Crippen molar-refractivity contribution in [3.63, 3.8) is 0 Å². The van der Waals surface area contributed by atoms with Crippen molar-refractivity contribution in [3.05, 3.63) is 5.32 Å². The fourth-order valence-corrected chi connectivity index (χ4v) is 5.61. The molecule has 1 radical (unpaired) electrons. The summed E-state index contributed by atoms with van der Waals surface area (Å²) in [6.45, 7) is 47.6. The second-order valence-corrected chi connectivity index (χ2v) is 25.1. The van der Waals surface area contributed by atoms with Gasteiger partial charge in [-0.25, -0.2) is 4.79 Å². The summed E-state index contributed by atoms with van der Waals surface area (Å²) in [7, 11) is 26.9. The van der Waals surface area contributed by atoms with E-state index in [1.54, 1.807) is 49.8 Å². The van der Waals surface area contributed by atoms with E-state index in [4.69, 9.17) is 0 Å². The first-order valence-corrected chi connectivity index (χ1v) is 23.0. The van der Waals surface area contributed by atoms with Crippen molar-refractivity contribution < 1.29 is 29.1 Å². The van der Waals surface area contributed by atoms with Gasteiger partial charge in [0.15, 0.2) is 5.96 Å². The summed E-state index contributed by atoms with van der Waals surface area (Å²) in [6.07, 6.45) is 0.958. The van der Waals surface area contributed by atoms with Gasteiger partial charge in [0.25, 0.3) is 0 Å². The van der Waals surface area contributed by atoms with E-state index in [0.29, 0.717) is 21.7 Å². The number of hydrogen-bond acceptors (Lipinski definition) is 6. The van der Waals surface area contributed by atoms with Crippen molar-refractivity contribution in [3.8, 4) is 0 Å². The Balaban J connectivity index is -0.000000102. The van der Waals surface area contributed by atoms with Gasteiger partial charge in [-0.2, -0.15) is 0 Å². The number of hydrogen-bond donors (Lipinski definition) is 0. The number of aliphatic imine (C=N–C) groups is 3. The van der Waals surface area contributed by atoms with E-state index in [9.17, 15) is 9.59 Å². The van der Waals surface area contributed by atoms with Crippen LogP contribution in [0.3, 0.4) is 0 Å². The molecule has 3 amide bonds. The third kappa shape index (κ3) is 65.8.